The Morgan fingerprint density at radius 1 is 1.21 bits per heavy atom. The minimum Gasteiger partial charge on any atom is -0.493 e. The van der Waals surface area contributed by atoms with Gasteiger partial charge in [0.1, 0.15) is 5.75 Å². The van der Waals surface area contributed by atoms with Crippen molar-refractivity contribution in [3.05, 3.63) is 36.4 Å². The van der Waals surface area contributed by atoms with Gasteiger partial charge in [0.05, 0.1) is 11.5 Å². The lowest BCUT2D eigenvalue weighted by Gasteiger charge is -2.23. The summed E-state index contributed by atoms with van der Waals surface area (Å²) in [5.41, 5.74) is 5.67. The van der Waals surface area contributed by atoms with Gasteiger partial charge in [-0.05, 0) is 37.4 Å². The van der Waals surface area contributed by atoms with Crippen molar-refractivity contribution < 1.29 is 13.2 Å². The van der Waals surface area contributed by atoms with Crippen LogP contribution < -0.4 is 10.5 Å². The van der Waals surface area contributed by atoms with Crippen LogP contribution in [-0.4, -0.2) is 39.0 Å². The van der Waals surface area contributed by atoms with E-state index < -0.39 is 10.0 Å². The first-order valence-electron chi connectivity index (χ1n) is 8.26. The smallest absolute Gasteiger partial charge is 0.243 e. The van der Waals surface area contributed by atoms with Gasteiger partial charge in [0.25, 0.3) is 0 Å². The molecule has 1 unspecified atom stereocenters. The molecule has 6 heteroatoms. The Labute approximate surface area is 143 Å². The van der Waals surface area contributed by atoms with Crippen LogP contribution in [-0.2, 0) is 10.0 Å². The van der Waals surface area contributed by atoms with E-state index in [-0.39, 0.29) is 5.41 Å². The summed E-state index contributed by atoms with van der Waals surface area (Å²) < 4.78 is 33.5. The average molecular weight is 348 g/mol. The van der Waals surface area contributed by atoms with Crippen LogP contribution in [0.3, 0.4) is 0 Å². The molecular weight excluding hydrogens is 324 g/mol. The molecule has 130 valence electrons. The standard InChI is InChI=1S/C18H24N2O3S/c1-3-23-16-8-9-17(15-7-5-4-6-14(15)16)24(21,22)20-11-10-18(2,12-19)13-20/h4-9H,3,10-13,19H2,1-2H3. The zero-order chi connectivity index (χ0) is 17.4. The number of benzene rings is 2. The topological polar surface area (TPSA) is 72.6 Å². The Balaban J connectivity index is 2.08. The fraction of sp³-hybridized carbons (Fsp3) is 0.444. The van der Waals surface area contributed by atoms with E-state index in [0.717, 1.165) is 11.8 Å². The molecule has 2 N–H and O–H groups in total. The summed E-state index contributed by atoms with van der Waals surface area (Å²) in [6.07, 6.45) is 0.789. The molecular formula is C18H24N2O3S. The molecule has 0 saturated carbocycles. The SMILES string of the molecule is CCOc1ccc(S(=O)(=O)N2CCC(C)(CN)C2)c2ccccc12. The van der Waals surface area contributed by atoms with Crippen molar-refractivity contribution in [1.29, 1.82) is 0 Å². The van der Waals surface area contributed by atoms with Crippen molar-refractivity contribution >= 4 is 20.8 Å². The molecule has 24 heavy (non-hydrogen) atoms. The molecule has 0 aliphatic carbocycles. The highest BCUT2D eigenvalue weighted by Gasteiger charge is 2.39. The summed E-state index contributed by atoms with van der Waals surface area (Å²) in [5, 5.41) is 1.52. The summed E-state index contributed by atoms with van der Waals surface area (Å²) >= 11 is 0. The van der Waals surface area contributed by atoms with Crippen molar-refractivity contribution in [3.63, 3.8) is 0 Å². The molecule has 0 amide bonds. The first-order valence-corrected chi connectivity index (χ1v) is 9.70. The molecule has 1 atom stereocenters. The van der Waals surface area contributed by atoms with Gasteiger partial charge in [-0.2, -0.15) is 4.31 Å². The van der Waals surface area contributed by atoms with Crippen LogP contribution in [0.25, 0.3) is 10.8 Å². The van der Waals surface area contributed by atoms with Gasteiger partial charge in [-0.1, -0.05) is 31.2 Å². The summed E-state index contributed by atoms with van der Waals surface area (Å²) in [7, 11) is -3.56. The van der Waals surface area contributed by atoms with Gasteiger partial charge in [-0.15, -0.1) is 0 Å². The zero-order valence-corrected chi connectivity index (χ0v) is 15.0. The largest absolute Gasteiger partial charge is 0.493 e. The average Bonchev–Trinajstić information content (AvgIpc) is 2.99. The van der Waals surface area contributed by atoms with E-state index in [0.29, 0.717) is 42.3 Å². The maximum atomic E-state index is 13.2. The van der Waals surface area contributed by atoms with Crippen molar-refractivity contribution in [3.8, 4) is 5.75 Å². The Morgan fingerprint density at radius 3 is 2.54 bits per heavy atom. The zero-order valence-electron chi connectivity index (χ0n) is 14.2. The van der Waals surface area contributed by atoms with Crippen molar-refractivity contribution in [2.45, 2.75) is 25.2 Å². The Kier molecular flexibility index (Phi) is 4.55. The second kappa shape index (κ2) is 6.35. The number of fused-ring (bicyclic) bond motifs is 1. The Bertz CT molecular complexity index is 850. The van der Waals surface area contributed by atoms with Gasteiger partial charge in [0.15, 0.2) is 0 Å². The van der Waals surface area contributed by atoms with E-state index in [2.05, 4.69) is 0 Å². The third-order valence-corrected chi connectivity index (χ3v) is 6.68. The molecule has 1 aliphatic rings. The van der Waals surface area contributed by atoms with E-state index in [4.69, 9.17) is 10.5 Å². The van der Waals surface area contributed by atoms with Crippen LogP contribution >= 0.6 is 0 Å². The number of ether oxygens (including phenoxy) is 1. The highest BCUT2D eigenvalue weighted by atomic mass is 32.2. The van der Waals surface area contributed by atoms with Gasteiger partial charge in [-0.3, -0.25) is 0 Å². The molecule has 2 aromatic rings. The number of nitrogens with zero attached hydrogens (tertiary/aromatic N) is 1. The number of hydrogen-bond donors (Lipinski definition) is 1. The highest BCUT2D eigenvalue weighted by molar-refractivity contribution is 7.89. The van der Waals surface area contributed by atoms with Gasteiger partial charge >= 0.3 is 0 Å². The molecule has 2 aromatic carbocycles. The van der Waals surface area contributed by atoms with E-state index >= 15 is 0 Å². The summed E-state index contributed by atoms with van der Waals surface area (Å²) in [6.45, 7) is 5.96. The molecule has 1 saturated heterocycles. The van der Waals surface area contributed by atoms with Crippen LogP contribution in [0.4, 0.5) is 0 Å². The van der Waals surface area contributed by atoms with Gasteiger partial charge < -0.3 is 10.5 Å². The van der Waals surface area contributed by atoms with Gasteiger partial charge in [0.2, 0.25) is 10.0 Å². The highest BCUT2D eigenvalue weighted by Crippen LogP contribution is 2.36. The maximum absolute atomic E-state index is 13.2. The second-order valence-corrected chi connectivity index (χ2v) is 8.55. The normalized spacial score (nSPS) is 22.1. The first kappa shape index (κ1) is 17.2. The van der Waals surface area contributed by atoms with Crippen LogP contribution in [0.5, 0.6) is 5.75 Å². The van der Waals surface area contributed by atoms with Crippen LogP contribution in [0, 0.1) is 5.41 Å². The maximum Gasteiger partial charge on any atom is 0.243 e. The molecule has 1 aliphatic heterocycles. The quantitative estimate of drug-likeness (QED) is 0.901. The van der Waals surface area contributed by atoms with E-state index in [9.17, 15) is 8.42 Å². The van der Waals surface area contributed by atoms with Crippen LogP contribution in [0.1, 0.15) is 20.3 Å². The predicted molar refractivity (Wildman–Crippen MR) is 95.7 cm³/mol. The third kappa shape index (κ3) is 2.90. The van der Waals surface area contributed by atoms with Crippen LogP contribution in [0.2, 0.25) is 0 Å². The molecule has 1 heterocycles. The van der Waals surface area contributed by atoms with Crippen molar-refractivity contribution in [2.75, 3.05) is 26.2 Å². The number of sulfonamides is 1. The lowest BCUT2D eigenvalue weighted by atomic mass is 9.90. The molecule has 0 bridgehead atoms. The second-order valence-electron chi connectivity index (χ2n) is 6.64. The minimum atomic E-state index is -3.56. The first-order chi connectivity index (χ1) is 11.4. The van der Waals surface area contributed by atoms with E-state index in [1.54, 1.807) is 16.4 Å². The summed E-state index contributed by atoms with van der Waals surface area (Å²) in [4.78, 5) is 0.336. The predicted octanol–water partition coefficient (Wildman–Crippen LogP) is 2.60. The third-order valence-electron chi connectivity index (χ3n) is 4.78. The summed E-state index contributed by atoms with van der Waals surface area (Å²) in [5.74, 6) is 0.709. The number of hydrogen-bond acceptors (Lipinski definition) is 4. The lowest BCUT2D eigenvalue weighted by Crippen LogP contribution is -2.34. The minimum absolute atomic E-state index is 0.145. The number of rotatable bonds is 5. The van der Waals surface area contributed by atoms with E-state index in [1.165, 1.54) is 0 Å². The molecule has 0 radical (unpaired) electrons. The van der Waals surface area contributed by atoms with E-state index in [1.807, 2.05) is 38.1 Å². The lowest BCUT2D eigenvalue weighted by molar-refractivity contribution is 0.344. The molecule has 3 rings (SSSR count). The Hall–Kier alpha value is -1.63. The van der Waals surface area contributed by atoms with Gasteiger partial charge in [0, 0.05) is 23.9 Å². The molecule has 0 aromatic heterocycles. The van der Waals surface area contributed by atoms with Crippen LogP contribution in [0.15, 0.2) is 41.3 Å². The number of nitrogens with two attached hydrogens (primary N) is 1. The molecule has 5 nitrogen and oxygen atoms in total. The van der Waals surface area contributed by atoms with Gasteiger partial charge in [-0.25, -0.2) is 8.42 Å². The molecule has 0 spiro atoms. The molecule has 1 fully saturated rings. The monoisotopic (exact) mass is 348 g/mol. The summed E-state index contributed by atoms with van der Waals surface area (Å²) in [6, 6.07) is 10.9. The Morgan fingerprint density at radius 2 is 1.92 bits per heavy atom. The fourth-order valence-electron chi connectivity index (χ4n) is 3.24. The van der Waals surface area contributed by atoms with Crippen molar-refractivity contribution in [2.24, 2.45) is 11.1 Å². The fourth-order valence-corrected chi connectivity index (χ4v) is 5.03. The van der Waals surface area contributed by atoms with Crippen molar-refractivity contribution in [1.82, 2.24) is 4.31 Å².